The highest BCUT2D eigenvalue weighted by Gasteiger charge is 2.16. The van der Waals surface area contributed by atoms with E-state index in [1.54, 1.807) is 16.3 Å². The maximum atomic E-state index is 12.7. The Hall–Kier alpha value is -3.14. The SMILES string of the molecule is CCCCOc1nc(NC)c2[nH]c(=O)n(Cc3ccc4c(c3)nnn4CCCl)c2n1. The zero-order valence-corrected chi connectivity index (χ0v) is 17.6. The molecule has 0 radical (unpaired) electrons. The van der Waals surface area contributed by atoms with Crippen LogP contribution < -0.4 is 15.7 Å². The van der Waals surface area contributed by atoms with E-state index >= 15 is 0 Å². The van der Waals surface area contributed by atoms with Gasteiger partial charge in [0.25, 0.3) is 0 Å². The molecule has 3 heterocycles. The molecule has 4 aromatic rings. The summed E-state index contributed by atoms with van der Waals surface area (Å²) in [5.74, 6) is 0.975. The maximum absolute atomic E-state index is 12.7. The molecule has 0 aliphatic heterocycles. The number of unbranched alkanes of at least 4 members (excludes halogenated alkanes) is 1. The van der Waals surface area contributed by atoms with Crippen molar-refractivity contribution in [2.75, 3.05) is 24.9 Å². The predicted molar refractivity (Wildman–Crippen MR) is 115 cm³/mol. The highest BCUT2D eigenvalue weighted by molar-refractivity contribution is 6.17. The third-order valence-electron chi connectivity index (χ3n) is 4.78. The van der Waals surface area contributed by atoms with Crippen molar-refractivity contribution in [1.82, 2.24) is 34.5 Å². The minimum absolute atomic E-state index is 0.243. The lowest BCUT2D eigenvalue weighted by Crippen LogP contribution is -2.17. The average Bonchev–Trinajstić information content (AvgIpc) is 3.29. The molecule has 0 spiro atoms. The van der Waals surface area contributed by atoms with E-state index in [-0.39, 0.29) is 11.7 Å². The Kier molecular flexibility index (Phi) is 5.84. The van der Waals surface area contributed by atoms with E-state index in [9.17, 15) is 4.79 Å². The van der Waals surface area contributed by atoms with E-state index in [0.29, 0.717) is 42.6 Å². The number of nitrogens with one attached hydrogen (secondary N) is 2. The number of anilines is 1. The van der Waals surface area contributed by atoms with Gasteiger partial charge in [-0.1, -0.05) is 24.6 Å². The first-order valence-corrected chi connectivity index (χ1v) is 10.4. The second-order valence-corrected chi connectivity index (χ2v) is 7.22. The summed E-state index contributed by atoms with van der Waals surface area (Å²) in [4.78, 5) is 24.3. The molecule has 2 N–H and O–H groups in total. The van der Waals surface area contributed by atoms with Crippen LogP contribution in [0.1, 0.15) is 25.3 Å². The molecule has 0 unspecified atom stereocenters. The molecule has 0 fully saturated rings. The number of fused-ring (bicyclic) bond motifs is 2. The van der Waals surface area contributed by atoms with Gasteiger partial charge in [-0.3, -0.25) is 4.57 Å². The van der Waals surface area contributed by atoms with Crippen molar-refractivity contribution in [3.05, 3.63) is 34.2 Å². The van der Waals surface area contributed by atoms with E-state index in [4.69, 9.17) is 16.3 Å². The van der Waals surface area contributed by atoms with Gasteiger partial charge in [0.2, 0.25) is 0 Å². The van der Waals surface area contributed by atoms with Crippen molar-refractivity contribution >= 4 is 39.6 Å². The van der Waals surface area contributed by atoms with Crippen LogP contribution in [-0.2, 0) is 13.1 Å². The predicted octanol–water partition coefficient (Wildman–Crippen LogP) is 2.37. The van der Waals surface area contributed by atoms with E-state index in [0.717, 1.165) is 29.4 Å². The molecule has 0 aliphatic rings. The highest BCUT2D eigenvalue weighted by Crippen LogP contribution is 2.21. The zero-order chi connectivity index (χ0) is 21.1. The van der Waals surface area contributed by atoms with Crippen LogP contribution in [0.2, 0.25) is 0 Å². The van der Waals surface area contributed by atoms with Crippen molar-refractivity contribution in [2.45, 2.75) is 32.9 Å². The first kappa shape index (κ1) is 20.1. The maximum Gasteiger partial charge on any atom is 0.328 e. The van der Waals surface area contributed by atoms with Gasteiger partial charge in [-0.05, 0) is 24.1 Å². The number of aromatic amines is 1. The Morgan fingerprint density at radius 1 is 1.30 bits per heavy atom. The van der Waals surface area contributed by atoms with Crippen LogP contribution in [0.25, 0.3) is 22.2 Å². The van der Waals surface area contributed by atoms with Gasteiger partial charge >= 0.3 is 11.7 Å². The second-order valence-electron chi connectivity index (χ2n) is 6.85. The smallest absolute Gasteiger partial charge is 0.328 e. The normalized spacial score (nSPS) is 11.4. The fourth-order valence-corrected chi connectivity index (χ4v) is 3.41. The molecular weight excluding hydrogens is 408 g/mol. The van der Waals surface area contributed by atoms with Gasteiger partial charge in [0.05, 0.1) is 25.2 Å². The fraction of sp³-hybridized carbons (Fsp3) is 0.421. The van der Waals surface area contributed by atoms with Gasteiger partial charge in [0.1, 0.15) is 11.0 Å². The minimum atomic E-state index is -0.271. The van der Waals surface area contributed by atoms with Gasteiger partial charge in [0.15, 0.2) is 11.5 Å². The standard InChI is InChI=1S/C19H23ClN8O2/c1-3-4-9-30-18-23-16(21-2)15-17(24-18)27(19(29)22-15)11-12-5-6-14-13(10-12)25-26-28(14)8-7-20/h5-6,10H,3-4,7-9,11H2,1-2H3,(H,22,29)(H,21,23,24). The number of hydrogen-bond donors (Lipinski definition) is 2. The van der Waals surface area contributed by atoms with Crippen molar-refractivity contribution in [1.29, 1.82) is 0 Å². The lowest BCUT2D eigenvalue weighted by atomic mass is 10.2. The molecule has 11 heteroatoms. The van der Waals surface area contributed by atoms with E-state index in [2.05, 4.69) is 37.5 Å². The van der Waals surface area contributed by atoms with E-state index in [1.807, 2.05) is 18.2 Å². The molecule has 30 heavy (non-hydrogen) atoms. The molecule has 1 aromatic carbocycles. The molecule has 4 rings (SSSR count). The lowest BCUT2D eigenvalue weighted by molar-refractivity contribution is 0.286. The van der Waals surface area contributed by atoms with Crippen molar-refractivity contribution in [3.63, 3.8) is 0 Å². The Labute approximate surface area is 177 Å². The van der Waals surface area contributed by atoms with E-state index < -0.39 is 0 Å². The number of aryl methyl sites for hydroxylation is 1. The quantitative estimate of drug-likeness (QED) is 0.309. The minimum Gasteiger partial charge on any atom is -0.463 e. The molecule has 10 nitrogen and oxygen atoms in total. The monoisotopic (exact) mass is 430 g/mol. The summed E-state index contributed by atoms with van der Waals surface area (Å²) < 4.78 is 9.00. The molecule has 0 bridgehead atoms. The van der Waals surface area contributed by atoms with Gasteiger partial charge in [-0.15, -0.1) is 16.7 Å². The molecule has 158 valence electrons. The summed E-state index contributed by atoms with van der Waals surface area (Å²) in [6.07, 6.45) is 1.91. The first-order chi connectivity index (χ1) is 14.6. The molecule has 0 amide bonds. The summed E-state index contributed by atoms with van der Waals surface area (Å²) in [5.41, 5.74) is 3.31. The Balaban J connectivity index is 1.71. The van der Waals surface area contributed by atoms with Crippen LogP contribution >= 0.6 is 11.6 Å². The number of H-pyrrole nitrogens is 1. The number of rotatable bonds is 9. The number of alkyl halides is 1. The third kappa shape index (κ3) is 3.82. The summed E-state index contributed by atoms with van der Waals surface area (Å²) in [6, 6.07) is 6.04. The van der Waals surface area contributed by atoms with Crippen LogP contribution in [0.3, 0.4) is 0 Å². The molecule has 3 aromatic heterocycles. The molecule has 0 saturated heterocycles. The largest absolute Gasteiger partial charge is 0.463 e. The second kappa shape index (κ2) is 8.70. The van der Waals surface area contributed by atoms with Crippen LogP contribution in [0, 0.1) is 0 Å². The first-order valence-electron chi connectivity index (χ1n) is 9.83. The van der Waals surface area contributed by atoms with Gasteiger partial charge in [0, 0.05) is 12.9 Å². The Morgan fingerprint density at radius 3 is 2.93 bits per heavy atom. The van der Waals surface area contributed by atoms with Crippen LogP contribution in [0.4, 0.5) is 5.82 Å². The van der Waals surface area contributed by atoms with Gasteiger partial charge < -0.3 is 15.0 Å². The van der Waals surface area contributed by atoms with Gasteiger partial charge in [-0.2, -0.15) is 9.97 Å². The highest BCUT2D eigenvalue weighted by atomic mass is 35.5. The topological polar surface area (TPSA) is 116 Å². The number of benzene rings is 1. The Morgan fingerprint density at radius 2 is 2.17 bits per heavy atom. The number of hydrogen-bond acceptors (Lipinski definition) is 7. The van der Waals surface area contributed by atoms with Crippen molar-refractivity contribution in [3.8, 4) is 6.01 Å². The number of imidazole rings is 1. The summed E-state index contributed by atoms with van der Waals surface area (Å²) in [7, 11) is 1.74. The average molecular weight is 431 g/mol. The van der Waals surface area contributed by atoms with Crippen LogP contribution in [-0.4, -0.2) is 54.0 Å². The number of ether oxygens (including phenoxy) is 1. The molecule has 0 aliphatic carbocycles. The Bertz CT molecular complexity index is 1230. The summed E-state index contributed by atoms with van der Waals surface area (Å²) in [5, 5.41) is 11.3. The fourth-order valence-electron chi connectivity index (χ4n) is 3.25. The molecular formula is C19H23ClN8O2. The number of halogens is 1. The number of nitrogens with zero attached hydrogens (tertiary/aromatic N) is 6. The summed E-state index contributed by atoms with van der Waals surface area (Å²) in [6.45, 7) is 3.52. The van der Waals surface area contributed by atoms with Crippen molar-refractivity contribution in [2.24, 2.45) is 0 Å². The van der Waals surface area contributed by atoms with Gasteiger partial charge in [-0.25, -0.2) is 9.48 Å². The number of aromatic nitrogens is 7. The molecule has 0 atom stereocenters. The van der Waals surface area contributed by atoms with E-state index in [1.165, 1.54) is 0 Å². The molecule has 0 saturated carbocycles. The van der Waals surface area contributed by atoms with Crippen LogP contribution in [0.15, 0.2) is 23.0 Å². The zero-order valence-electron chi connectivity index (χ0n) is 16.9. The summed E-state index contributed by atoms with van der Waals surface area (Å²) >= 11 is 5.81. The lowest BCUT2D eigenvalue weighted by Gasteiger charge is -2.08. The van der Waals surface area contributed by atoms with Crippen molar-refractivity contribution < 1.29 is 4.74 Å². The van der Waals surface area contributed by atoms with Crippen LogP contribution in [0.5, 0.6) is 6.01 Å². The third-order valence-corrected chi connectivity index (χ3v) is 4.95.